The Labute approximate surface area is 150 Å². The van der Waals surface area contributed by atoms with Gasteiger partial charge in [-0.3, -0.25) is 4.79 Å². The minimum Gasteiger partial charge on any atom is -0.452 e. The van der Waals surface area contributed by atoms with E-state index in [4.69, 9.17) is 16.3 Å². The predicted molar refractivity (Wildman–Crippen MR) is 91.2 cm³/mol. The second kappa shape index (κ2) is 7.97. The van der Waals surface area contributed by atoms with Crippen LogP contribution in [-0.2, 0) is 24.2 Å². The third-order valence-corrected chi connectivity index (χ3v) is 5.88. The predicted octanol–water partition coefficient (Wildman–Crippen LogP) is 1.68. The molecule has 1 aliphatic heterocycles. The fourth-order valence-corrected chi connectivity index (χ4v) is 4.31. The van der Waals surface area contributed by atoms with Crippen molar-refractivity contribution in [2.45, 2.75) is 12.5 Å². The quantitative estimate of drug-likeness (QED) is 0.565. The molecule has 0 N–H and O–H groups in total. The van der Waals surface area contributed by atoms with Crippen LogP contribution in [0.15, 0.2) is 24.3 Å². The number of sulfone groups is 1. The Morgan fingerprint density at radius 1 is 1.44 bits per heavy atom. The fourth-order valence-electron chi connectivity index (χ4n) is 2.35. The van der Waals surface area contributed by atoms with Crippen molar-refractivity contribution in [2.75, 3.05) is 25.2 Å². The van der Waals surface area contributed by atoms with Crippen LogP contribution in [0.25, 0.3) is 6.08 Å². The lowest BCUT2D eigenvalue weighted by Crippen LogP contribution is -2.40. The summed E-state index contributed by atoms with van der Waals surface area (Å²) in [5.41, 5.74) is 0.503. The molecule has 1 fully saturated rings. The molecule has 6 nitrogen and oxygen atoms in total. The lowest BCUT2D eigenvalue weighted by atomic mass is 10.2. The maximum Gasteiger partial charge on any atom is 0.331 e. The number of carbonyl (C=O) groups is 2. The topological polar surface area (TPSA) is 80.8 Å². The summed E-state index contributed by atoms with van der Waals surface area (Å²) < 4.78 is 40.7. The van der Waals surface area contributed by atoms with Gasteiger partial charge < -0.3 is 9.64 Å². The van der Waals surface area contributed by atoms with Gasteiger partial charge >= 0.3 is 5.97 Å². The van der Waals surface area contributed by atoms with Gasteiger partial charge in [0.2, 0.25) is 0 Å². The molecular formula is C16H17ClFNO5S. The molecule has 1 heterocycles. The van der Waals surface area contributed by atoms with Crippen molar-refractivity contribution in [2.24, 2.45) is 0 Å². The van der Waals surface area contributed by atoms with Gasteiger partial charge in [-0.25, -0.2) is 17.6 Å². The lowest BCUT2D eigenvalue weighted by Gasteiger charge is -2.22. The van der Waals surface area contributed by atoms with Crippen molar-refractivity contribution in [3.05, 3.63) is 40.7 Å². The average molecular weight is 390 g/mol. The molecule has 1 aliphatic rings. The van der Waals surface area contributed by atoms with E-state index in [2.05, 4.69) is 0 Å². The first-order valence-electron chi connectivity index (χ1n) is 7.44. The van der Waals surface area contributed by atoms with Crippen LogP contribution in [0.2, 0.25) is 5.02 Å². The molecule has 1 aromatic carbocycles. The molecule has 0 bridgehead atoms. The van der Waals surface area contributed by atoms with Crippen LogP contribution in [0, 0.1) is 5.82 Å². The summed E-state index contributed by atoms with van der Waals surface area (Å²) in [4.78, 5) is 24.9. The third-order valence-electron chi connectivity index (χ3n) is 3.84. The molecule has 136 valence electrons. The van der Waals surface area contributed by atoms with E-state index in [9.17, 15) is 22.4 Å². The van der Waals surface area contributed by atoms with E-state index in [1.54, 1.807) is 0 Å². The summed E-state index contributed by atoms with van der Waals surface area (Å²) in [6, 6.07) is 3.56. The molecular weight excluding hydrogens is 373 g/mol. The van der Waals surface area contributed by atoms with Crippen LogP contribution in [-0.4, -0.2) is 56.4 Å². The number of nitrogens with zero attached hydrogens (tertiary/aromatic N) is 1. The number of amides is 1. The van der Waals surface area contributed by atoms with Gasteiger partial charge in [0.1, 0.15) is 5.82 Å². The molecule has 9 heteroatoms. The van der Waals surface area contributed by atoms with Crippen LogP contribution < -0.4 is 0 Å². The third kappa shape index (κ3) is 5.54. The van der Waals surface area contributed by atoms with Gasteiger partial charge in [-0.15, -0.1) is 0 Å². The second-order valence-corrected chi connectivity index (χ2v) is 8.31. The first-order chi connectivity index (χ1) is 11.7. The minimum absolute atomic E-state index is 0.0536. The van der Waals surface area contributed by atoms with Crippen LogP contribution in [0.4, 0.5) is 4.39 Å². The first-order valence-corrected chi connectivity index (χ1v) is 9.64. The Balaban J connectivity index is 1.83. The molecule has 0 aliphatic carbocycles. The van der Waals surface area contributed by atoms with Crippen molar-refractivity contribution in [3.8, 4) is 0 Å². The summed E-state index contributed by atoms with van der Waals surface area (Å²) in [6.45, 7) is -0.486. The summed E-state index contributed by atoms with van der Waals surface area (Å²) in [6.07, 6.45) is 2.85. The number of rotatable bonds is 5. The summed E-state index contributed by atoms with van der Waals surface area (Å²) in [5.74, 6) is -1.81. The molecule has 1 atom stereocenters. The van der Waals surface area contributed by atoms with Gasteiger partial charge in [-0.2, -0.15) is 0 Å². The van der Waals surface area contributed by atoms with E-state index in [1.165, 1.54) is 36.2 Å². The van der Waals surface area contributed by atoms with E-state index in [0.717, 1.165) is 6.08 Å². The van der Waals surface area contributed by atoms with E-state index >= 15 is 0 Å². The Hall–Kier alpha value is -1.93. The summed E-state index contributed by atoms with van der Waals surface area (Å²) in [5, 5.41) is -0.0705. The first kappa shape index (κ1) is 19.4. The van der Waals surface area contributed by atoms with Crippen molar-refractivity contribution >= 4 is 39.4 Å². The highest BCUT2D eigenvalue weighted by molar-refractivity contribution is 7.91. The molecule has 0 radical (unpaired) electrons. The highest BCUT2D eigenvalue weighted by Gasteiger charge is 2.32. The number of ether oxygens (including phenoxy) is 1. The smallest absolute Gasteiger partial charge is 0.331 e. The lowest BCUT2D eigenvalue weighted by molar-refractivity contribution is -0.148. The Morgan fingerprint density at radius 3 is 2.76 bits per heavy atom. The van der Waals surface area contributed by atoms with Crippen molar-refractivity contribution in [1.29, 1.82) is 0 Å². The van der Waals surface area contributed by atoms with E-state index in [-0.39, 0.29) is 16.5 Å². The zero-order valence-corrected chi connectivity index (χ0v) is 15.0. The van der Waals surface area contributed by atoms with E-state index < -0.39 is 40.2 Å². The van der Waals surface area contributed by atoms with Crippen LogP contribution >= 0.6 is 11.6 Å². The van der Waals surface area contributed by atoms with Crippen LogP contribution in [0.1, 0.15) is 12.0 Å². The Kier molecular flexibility index (Phi) is 6.18. The minimum atomic E-state index is -3.10. The molecule has 0 saturated carbocycles. The number of carbonyl (C=O) groups excluding carboxylic acids is 2. The van der Waals surface area contributed by atoms with Gasteiger partial charge in [0.05, 0.1) is 16.5 Å². The molecule has 1 aromatic rings. The van der Waals surface area contributed by atoms with Crippen molar-refractivity contribution in [3.63, 3.8) is 0 Å². The summed E-state index contributed by atoms with van der Waals surface area (Å²) >= 11 is 5.63. The van der Waals surface area contributed by atoms with E-state index in [1.807, 2.05) is 0 Å². The number of likely N-dealkylation sites (N-methyl/N-ethyl adjacent to an activating group) is 1. The Bertz CT molecular complexity index is 809. The van der Waals surface area contributed by atoms with Crippen LogP contribution in [0.5, 0.6) is 0 Å². The second-order valence-electron chi connectivity index (χ2n) is 5.68. The van der Waals surface area contributed by atoms with Crippen LogP contribution in [0.3, 0.4) is 0 Å². The monoisotopic (exact) mass is 389 g/mol. The van der Waals surface area contributed by atoms with Gasteiger partial charge in [0.25, 0.3) is 5.91 Å². The largest absolute Gasteiger partial charge is 0.452 e. The molecule has 1 saturated heterocycles. The standard InChI is InChI=1S/C16H17ClFNO5S/c1-19(12-6-7-25(22,23)10-12)15(20)9-24-16(21)5-3-11-2-4-14(18)13(17)8-11/h2-5,8,12H,6-7,9-10H2,1H3/b5-3+/t12-/m1/s1. The molecule has 1 amide bonds. The zero-order valence-electron chi connectivity index (χ0n) is 13.4. The van der Waals surface area contributed by atoms with Gasteiger partial charge in [-0.1, -0.05) is 17.7 Å². The summed E-state index contributed by atoms with van der Waals surface area (Å²) in [7, 11) is -1.62. The SMILES string of the molecule is CN(C(=O)COC(=O)/C=C/c1ccc(F)c(Cl)c1)[C@@H]1CCS(=O)(=O)C1. The molecule has 0 unspecified atom stereocenters. The Morgan fingerprint density at radius 2 is 2.16 bits per heavy atom. The highest BCUT2D eigenvalue weighted by atomic mass is 35.5. The highest BCUT2D eigenvalue weighted by Crippen LogP contribution is 2.17. The van der Waals surface area contributed by atoms with Gasteiger partial charge in [-0.05, 0) is 30.2 Å². The van der Waals surface area contributed by atoms with Crippen molar-refractivity contribution < 1.29 is 27.1 Å². The molecule has 0 aromatic heterocycles. The molecule has 25 heavy (non-hydrogen) atoms. The normalized spacial score (nSPS) is 19.1. The zero-order chi connectivity index (χ0) is 18.6. The maximum atomic E-state index is 13.0. The van der Waals surface area contributed by atoms with E-state index in [0.29, 0.717) is 12.0 Å². The number of hydrogen-bond donors (Lipinski definition) is 0. The van der Waals surface area contributed by atoms with Crippen molar-refractivity contribution in [1.82, 2.24) is 4.90 Å². The number of benzene rings is 1. The number of halogens is 2. The fraction of sp³-hybridized carbons (Fsp3) is 0.375. The number of esters is 1. The number of hydrogen-bond acceptors (Lipinski definition) is 5. The molecule has 0 spiro atoms. The van der Waals surface area contributed by atoms with Gasteiger partial charge in [0, 0.05) is 19.2 Å². The molecule has 2 rings (SSSR count). The average Bonchev–Trinajstić information content (AvgIpc) is 2.92. The van der Waals surface area contributed by atoms with Gasteiger partial charge in [0.15, 0.2) is 16.4 Å². The maximum absolute atomic E-state index is 13.0.